The van der Waals surface area contributed by atoms with Gasteiger partial charge in [-0.3, -0.25) is 4.79 Å². The molecule has 0 saturated heterocycles. The summed E-state index contributed by atoms with van der Waals surface area (Å²) < 4.78 is 26.9. The lowest BCUT2D eigenvalue weighted by Crippen LogP contribution is -2.29. The number of hydrogen-bond acceptors (Lipinski definition) is 2. The largest absolute Gasteiger partial charge is 0.480 e. The van der Waals surface area contributed by atoms with Crippen LogP contribution < -0.4 is 4.90 Å². The second-order valence-corrected chi connectivity index (χ2v) is 4.90. The maximum atomic E-state index is 13.7. The maximum absolute atomic E-state index is 13.7. The first-order chi connectivity index (χ1) is 9.95. The SMILES string of the molecule is O=C(O)CN(Cc1cc(F)ccc1F)c1ccc(Cl)cc1. The summed E-state index contributed by atoms with van der Waals surface area (Å²) in [6.45, 7) is -0.394. The lowest BCUT2D eigenvalue weighted by molar-refractivity contribution is -0.135. The summed E-state index contributed by atoms with van der Waals surface area (Å²) in [5.74, 6) is -2.22. The van der Waals surface area contributed by atoms with E-state index in [9.17, 15) is 13.6 Å². The Labute approximate surface area is 125 Å². The van der Waals surface area contributed by atoms with Gasteiger partial charge in [0.1, 0.15) is 18.2 Å². The first-order valence-electron chi connectivity index (χ1n) is 6.12. The first kappa shape index (κ1) is 15.3. The van der Waals surface area contributed by atoms with Gasteiger partial charge in [-0.15, -0.1) is 0 Å². The summed E-state index contributed by atoms with van der Waals surface area (Å²) in [5.41, 5.74) is 0.650. The van der Waals surface area contributed by atoms with Crippen molar-refractivity contribution in [3.63, 3.8) is 0 Å². The zero-order valence-corrected chi connectivity index (χ0v) is 11.6. The Kier molecular flexibility index (Phi) is 4.75. The lowest BCUT2D eigenvalue weighted by atomic mass is 10.1. The number of halogens is 3. The number of nitrogens with zero attached hydrogens (tertiary/aromatic N) is 1. The Morgan fingerprint density at radius 1 is 1.14 bits per heavy atom. The minimum atomic E-state index is -1.07. The fraction of sp³-hybridized carbons (Fsp3) is 0.133. The fourth-order valence-corrected chi connectivity index (χ4v) is 2.05. The molecule has 2 aromatic rings. The molecule has 0 radical (unpaired) electrons. The predicted octanol–water partition coefficient (Wildman–Crippen LogP) is 3.71. The molecule has 0 bridgehead atoms. The molecule has 3 nitrogen and oxygen atoms in total. The zero-order chi connectivity index (χ0) is 15.4. The van der Waals surface area contributed by atoms with Crippen LogP contribution in [0.4, 0.5) is 14.5 Å². The molecule has 0 aliphatic heterocycles. The highest BCUT2D eigenvalue weighted by Gasteiger charge is 2.14. The van der Waals surface area contributed by atoms with E-state index in [1.54, 1.807) is 24.3 Å². The number of benzene rings is 2. The van der Waals surface area contributed by atoms with E-state index in [2.05, 4.69) is 0 Å². The van der Waals surface area contributed by atoms with E-state index in [1.807, 2.05) is 0 Å². The van der Waals surface area contributed by atoms with Crippen LogP contribution in [0.25, 0.3) is 0 Å². The second kappa shape index (κ2) is 6.54. The van der Waals surface area contributed by atoms with Crippen molar-refractivity contribution >= 4 is 23.3 Å². The number of carboxylic acid groups (broad SMARTS) is 1. The quantitative estimate of drug-likeness (QED) is 0.915. The molecule has 0 saturated carbocycles. The number of rotatable bonds is 5. The summed E-state index contributed by atoms with van der Waals surface area (Å²) in [6.07, 6.45) is 0. The highest BCUT2D eigenvalue weighted by Crippen LogP contribution is 2.21. The Morgan fingerprint density at radius 3 is 2.43 bits per heavy atom. The van der Waals surface area contributed by atoms with E-state index >= 15 is 0 Å². The molecule has 0 fully saturated rings. The fourth-order valence-electron chi connectivity index (χ4n) is 1.92. The Hall–Kier alpha value is -2.14. The standard InChI is InChI=1S/C15H12ClF2NO2/c16-11-1-4-13(5-2-11)19(9-15(20)21)8-10-7-12(17)3-6-14(10)18/h1-7H,8-9H2,(H,20,21). The van der Waals surface area contributed by atoms with Gasteiger partial charge in [-0.05, 0) is 42.5 Å². The van der Waals surface area contributed by atoms with Crippen LogP contribution in [-0.4, -0.2) is 17.6 Å². The molecule has 0 aliphatic carbocycles. The molecule has 0 spiro atoms. The molecule has 0 heterocycles. The van der Waals surface area contributed by atoms with Gasteiger partial charge in [0, 0.05) is 22.8 Å². The molecule has 0 aliphatic rings. The molecule has 0 atom stereocenters. The molecule has 21 heavy (non-hydrogen) atoms. The maximum Gasteiger partial charge on any atom is 0.323 e. The monoisotopic (exact) mass is 311 g/mol. The van der Waals surface area contributed by atoms with Crippen LogP contribution >= 0.6 is 11.6 Å². The van der Waals surface area contributed by atoms with E-state index < -0.39 is 17.6 Å². The van der Waals surface area contributed by atoms with Crippen molar-refractivity contribution in [3.8, 4) is 0 Å². The van der Waals surface area contributed by atoms with E-state index in [0.717, 1.165) is 18.2 Å². The third kappa shape index (κ3) is 4.16. The van der Waals surface area contributed by atoms with Crippen molar-refractivity contribution in [2.75, 3.05) is 11.4 Å². The van der Waals surface area contributed by atoms with Crippen molar-refractivity contribution in [3.05, 3.63) is 64.7 Å². The normalized spacial score (nSPS) is 10.4. The molecule has 2 rings (SSSR count). The van der Waals surface area contributed by atoms with Gasteiger partial charge in [-0.2, -0.15) is 0 Å². The Balaban J connectivity index is 2.30. The summed E-state index contributed by atoms with van der Waals surface area (Å²) in [4.78, 5) is 12.4. The summed E-state index contributed by atoms with van der Waals surface area (Å²) in [7, 11) is 0. The van der Waals surface area contributed by atoms with Gasteiger partial charge in [-0.1, -0.05) is 11.6 Å². The van der Waals surface area contributed by atoms with E-state index in [-0.39, 0.29) is 18.7 Å². The smallest absolute Gasteiger partial charge is 0.323 e. The molecule has 0 unspecified atom stereocenters. The summed E-state index contributed by atoms with van der Waals surface area (Å²) in [6, 6.07) is 9.56. The third-order valence-electron chi connectivity index (χ3n) is 2.89. The highest BCUT2D eigenvalue weighted by molar-refractivity contribution is 6.30. The molecular formula is C15H12ClF2NO2. The molecule has 0 aromatic heterocycles. The molecule has 1 N–H and O–H groups in total. The van der Waals surface area contributed by atoms with Gasteiger partial charge in [0.15, 0.2) is 0 Å². The molecule has 6 heteroatoms. The number of carboxylic acids is 1. The van der Waals surface area contributed by atoms with Gasteiger partial charge < -0.3 is 10.0 Å². The minimum Gasteiger partial charge on any atom is -0.480 e. The number of hydrogen-bond donors (Lipinski definition) is 1. The Bertz CT molecular complexity index is 647. The number of anilines is 1. The van der Waals surface area contributed by atoms with Gasteiger partial charge in [0.25, 0.3) is 0 Å². The second-order valence-electron chi connectivity index (χ2n) is 4.46. The van der Waals surface area contributed by atoms with Crippen molar-refractivity contribution in [2.24, 2.45) is 0 Å². The van der Waals surface area contributed by atoms with Crippen molar-refractivity contribution in [1.82, 2.24) is 0 Å². The average Bonchev–Trinajstić information content (AvgIpc) is 2.42. The average molecular weight is 312 g/mol. The van der Waals surface area contributed by atoms with E-state index in [4.69, 9.17) is 16.7 Å². The van der Waals surface area contributed by atoms with Crippen molar-refractivity contribution in [2.45, 2.75) is 6.54 Å². The first-order valence-corrected chi connectivity index (χ1v) is 6.50. The zero-order valence-electron chi connectivity index (χ0n) is 10.9. The molecule has 2 aromatic carbocycles. The summed E-state index contributed by atoms with van der Waals surface area (Å²) >= 11 is 5.78. The van der Waals surface area contributed by atoms with Gasteiger partial charge >= 0.3 is 5.97 Å². The minimum absolute atomic E-state index is 0.0580. The van der Waals surface area contributed by atoms with Crippen molar-refractivity contribution in [1.29, 1.82) is 0 Å². The van der Waals surface area contributed by atoms with E-state index in [0.29, 0.717) is 10.7 Å². The molecule has 0 amide bonds. The third-order valence-corrected chi connectivity index (χ3v) is 3.14. The van der Waals surface area contributed by atoms with Gasteiger partial charge in [0.2, 0.25) is 0 Å². The van der Waals surface area contributed by atoms with Crippen LogP contribution in [0.2, 0.25) is 5.02 Å². The van der Waals surface area contributed by atoms with Crippen LogP contribution in [0.3, 0.4) is 0 Å². The predicted molar refractivity (Wildman–Crippen MR) is 76.5 cm³/mol. The number of carbonyl (C=O) groups is 1. The number of aliphatic carboxylic acids is 1. The topological polar surface area (TPSA) is 40.5 Å². The van der Waals surface area contributed by atoms with Crippen molar-refractivity contribution < 1.29 is 18.7 Å². The van der Waals surface area contributed by atoms with Gasteiger partial charge in [0.05, 0.1) is 0 Å². The molecular weight excluding hydrogens is 300 g/mol. The Morgan fingerprint density at radius 2 is 1.81 bits per heavy atom. The van der Waals surface area contributed by atoms with Gasteiger partial charge in [-0.25, -0.2) is 8.78 Å². The summed E-state index contributed by atoms with van der Waals surface area (Å²) in [5, 5.41) is 9.47. The van der Waals surface area contributed by atoms with Crippen LogP contribution in [0.5, 0.6) is 0 Å². The molecule has 110 valence electrons. The van der Waals surface area contributed by atoms with E-state index in [1.165, 1.54) is 4.90 Å². The van der Waals surface area contributed by atoms with Crippen LogP contribution in [-0.2, 0) is 11.3 Å². The van der Waals surface area contributed by atoms with Crippen LogP contribution in [0.1, 0.15) is 5.56 Å². The van der Waals surface area contributed by atoms with Crippen LogP contribution in [0, 0.1) is 11.6 Å². The highest BCUT2D eigenvalue weighted by atomic mass is 35.5. The van der Waals surface area contributed by atoms with Crippen LogP contribution in [0.15, 0.2) is 42.5 Å². The lowest BCUT2D eigenvalue weighted by Gasteiger charge is -2.23.